The topological polar surface area (TPSA) is 86.3 Å². The molecule has 6 nitrogen and oxygen atoms in total. The van der Waals surface area contributed by atoms with Crippen molar-refractivity contribution in [3.63, 3.8) is 0 Å². The summed E-state index contributed by atoms with van der Waals surface area (Å²) in [5.41, 5.74) is 6.57. The zero-order valence-corrected chi connectivity index (χ0v) is 16.3. The van der Waals surface area contributed by atoms with Gasteiger partial charge in [0.05, 0.1) is 17.5 Å². The fourth-order valence-corrected chi connectivity index (χ4v) is 3.23. The molecule has 0 radical (unpaired) electrons. The molecule has 0 atom stereocenters. The molecule has 4 aromatic rings. The fourth-order valence-electron chi connectivity index (χ4n) is 3.23. The molecule has 0 fully saturated rings. The van der Waals surface area contributed by atoms with Gasteiger partial charge in [-0.15, -0.1) is 0 Å². The van der Waals surface area contributed by atoms with Crippen molar-refractivity contribution >= 4 is 34.6 Å². The number of hydrazone groups is 1. The second kappa shape index (κ2) is 8.45. The van der Waals surface area contributed by atoms with E-state index in [9.17, 15) is 9.59 Å². The largest absolute Gasteiger partial charge is 0.361 e. The standard InChI is InChI=1S/C24H20N4O2/c1-16-8-2-3-9-18(16)23(29)27-22-13-7-5-11-20(22)24(30)28-26-15-17-14-25-21-12-6-4-10-19(17)21/h2-15,25H,1H3,(H,27,29)(H,28,30). The van der Waals surface area contributed by atoms with Gasteiger partial charge in [-0.1, -0.05) is 48.5 Å². The van der Waals surface area contributed by atoms with E-state index in [-0.39, 0.29) is 5.91 Å². The molecule has 0 aliphatic carbocycles. The van der Waals surface area contributed by atoms with Crippen LogP contribution in [0.1, 0.15) is 31.8 Å². The van der Waals surface area contributed by atoms with Crippen molar-refractivity contribution < 1.29 is 9.59 Å². The summed E-state index contributed by atoms with van der Waals surface area (Å²) in [6.45, 7) is 1.87. The van der Waals surface area contributed by atoms with Crippen LogP contribution in [0.4, 0.5) is 5.69 Å². The molecule has 2 amide bonds. The zero-order valence-electron chi connectivity index (χ0n) is 16.3. The highest BCUT2D eigenvalue weighted by Gasteiger charge is 2.14. The first-order valence-electron chi connectivity index (χ1n) is 9.49. The Morgan fingerprint density at radius 1 is 0.867 bits per heavy atom. The average Bonchev–Trinajstić information content (AvgIpc) is 3.17. The molecular formula is C24H20N4O2. The Hall–Kier alpha value is -4.19. The minimum atomic E-state index is -0.410. The number of para-hydroxylation sites is 2. The maximum absolute atomic E-state index is 12.7. The molecule has 148 valence electrons. The molecule has 6 heteroatoms. The lowest BCUT2D eigenvalue weighted by Crippen LogP contribution is -2.21. The summed E-state index contributed by atoms with van der Waals surface area (Å²) in [6.07, 6.45) is 3.42. The minimum absolute atomic E-state index is 0.268. The third-order valence-electron chi connectivity index (χ3n) is 4.80. The molecule has 0 bridgehead atoms. The number of aryl methyl sites for hydroxylation is 1. The Labute approximate surface area is 173 Å². The predicted octanol–water partition coefficient (Wildman–Crippen LogP) is 4.49. The number of carbonyl (C=O) groups is 2. The van der Waals surface area contributed by atoms with Gasteiger partial charge in [-0.3, -0.25) is 9.59 Å². The number of fused-ring (bicyclic) bond motifs is 1. The molecule has 0 aliphatic rings. The first-order valence-corrected chi connectivity index (χ1v) is 9.49. The van der Waals surface area contributed by atoms with Crippen molar-refractivity contribution in [2.75, 3.05) is 5.32 Å². The van der Waals surface area contributed by atoms with Gasteiger partial charge in [-0.2, -0.15) is 5.10 Å². The highest BCUT2D eigenvalue weighted by atomic mass is 16.2. The molecular weight excluding hydrogens is 376 g/mol. The molecule has 0 unspecified atom stereocenters. The van der Waals surface area contributed by atoms with E-state index in [1.165, 1.54) is 0 Å². The number of nitrogens with zero attached hydrogens (tertiary/aromatic N) is 1. The predicted molar refractivity (Wildman–Crippen MR) is 119 cm³/mol. The van der Waals surface area contributed by atoms with Gasteiger partial charge in [0.2, 0.25) is 0 Å². The van der Waals surface area contributed by atoms with Gasteiger partial charge in [0.15, 0.2) is 0 Å². The van der Waals surface area contributed by atoms with E-state index in [0.29, 0.717) is 16.8 Å². The second-order valence-corrected chi connectivity index (χ2v) is 6.80. The molecule has 0 spiro atoms. The van der Waals surface area contributed by atoms with Crippen molar-refractivity contribution in [3.8, 4) is 0 Å². The number of anilines is 1. The average molecular weight is 396 g/mol. The summed E-state index contributed by atoms with van der Waals surface area (Å²) >= 11 is 0. The van der Waals surface area contributed by atoms with E-state index in [1.807, 2.05) is 49.5 Å². The smallest absolute Gasteiger partial charge is 0.273 e. The number of H-pyrrole nitrogens is 1. The van der Waals surface area contributed by atoms with Crippen LogP contribution in [0.3, 0.4) is 0 Å². The van der Waals surface area contributed by atoms with E-state index in [2.05, 4.69) is 20.8 Å². The molecule has 0 saturated heterocycles. The first kappa shape index (κ1) is 19.1. The van der Waals surface area contributed by atoms with Crippen LogP contribution in [-0.4, -0.2) is 23.0 Å². The molecule has 30 heavy (non-hydrogen) atoms. The quantitative estimate of drug-likeness (QED) is 0.343. The lowest BCUT2D eigenvalue weighted by atomic mass is 10.1. The first-order chi connectivity index (χ1) is 14.6. The van der Waals surface area contributed by atoms with E-state index in [4.69, 9.17) is 0 Å². The van der Waals surface area contributed by atoms with E-state index in [0.717, 1.165) is 22.0 Å². The third-order valence-corrected chi connectivity index (χ3v) is 4.80. The summed E-state index contributed by atoms with van der Waals surface area (Å²) in [4.78, 5) is 28.4. The molecule has 0 saturated carbocycles. The number of benzene rings is 3. The van der Waals surface area contributed by atoms with Gasteiger partial charge < -0.3 is 10.3 Å². The lowest BCUT2D eigenvalue weighted by molar-refractivity contribution is 0.0956. The summed E-state index contributed by atoms with van der Waals surface area (Å²) in [6, 6.07) is 22.0. The number of amides is 2. The molecule has 0 aliphatic heterocycles. The Morgan fingerprint density at radius 2 is 1.57 bits per heavy atom. The van der Waals surface area contributed by atoms with Crippen LogP contribution in [0.2, 0.25) is 0 Å². The number of hydrogen-bond donors (Lipinski definition) is 3. The van der Waals surface area contributed by atoms with Gasteiger partial charge in [-0.05, 0) is 36.8 Å². The number of carbonyl (C=O) groups excluding carboxylic acids is 2. The molecule has 3 aromatic carbocycles. The summed E-state index contributed by atoms with van der Waals surface area (Å²) in [5.74, 6) is -0.678. The van der Waals surface area contributed by atoms with E-state index in [1.54, 1.807) is 42.6 Å². The third kappa shape index (κ3) is 3.98. The summed E-state index contributed by atoms with van der Waals surface area (Å²) in [7, 11) is 0. The van der Waals surface area contributed by atoms with Crippen molar-refractivity contribution in [3.05, 3.63) is 101 Å². The van der Waals surface area contributed by atoms with Crippen molar-refractivity contribution in [2.24, 2.45) is 5.10 Å². The van der Waals surface area contributed by atoms with Crippen LogP contribution in [-0.2, 0) is 0 Å². The SMILES string of the molecule is Cc1ccccc1C(=O)Nc1ccccc1C(=O)NN=Cc1c[nH]c2ccccc12. The van der Waals surface area contributed by atoms with E-state index >= 15 is 0 Å². The van der Waals surface area contributed by atoms with Crippen molar-refractivity contribution in [1.29, 1.82) is 0 Å². The summed E-state index contributed by atoms with van der Waals surface area (Å²) in [5, 5.41) is 7.91. The van der Waals surface area contributed by atoms with Crippen LogP contribution in [0, 0.1) is 6.92 Å². The van der Waals surface area contributed by atoms with Gasteiger partial charge in [0.25, 0.3) is 11.8 Å². The van der Waals surface area contributed by atoms with Crippen LogP contribution in [0.5, 0.6) is 0 Å². The van der Waals surface area contributed by atoms with Crippen molar-refractivity contribution in [1.82, 2.24) is 10.4 Å². The van der Waals surface area contributed by atoms with Gasteiger partial charge >= 0.3 is 0 Å². The van der Waals surface area contributed by atoms with Gasteiger partial charge in [0.1, 0.15) is 0 Å². The molecule has 4 rings (SSSR count). The molecule has 1 aromatic heterocycles. The maximum Gasteiger partial charge on any atom is 0.273 e. The maximum atomic E-state index is 12.7. The number of rotatable bonds is 5. The fraction of sp³-hybridized carbons (Fsp3) is 0.0417. The number of hydrogen-bond acceptors (Lipinski definition) is 3. The number of nitrogens with one attached hydrogen (secondary N) is 3. The number of aromatic nitrogens is 1. The monoisotopic (exact) mass is 396 g/mol. The Balaban J connectivity index is 1.49. The van der Waals surface area contributed by atoms with Crippen LogP contribution >= 0.6 is 0 Å². The normalized spacial score (nSPS) is 11.0. The van der Waals surface area contributed by atoms with E-state index < -0.39 is 5.91 Å². The van der Waals surface area contributed by atoms with Gasteiger partial charge in [-0.25, -0.2) is 5.43 Å². The Kier molecular flexibility index (Phi) is 5.39. The van der Waals surface area contributed by atoms with Crippen LogP contribution < -0.4 is 10.7 Å². The van der Waals surface area contributed by atoms with Crippen LogP contribution in [0.25, 0.3) is 10.9 Å². The zero-order chi connectivity index (χ0) is 20.9. The van der Waals surface area contributed by atoms with Crippen molar-refractivity contribution in [2.45, 2.75) is 6.92 Å². The minimum Gasteiger partial charge on any atom is -0.361 e. The summed E-state index contributed by atoms with van der Waals surface area (Å²) < 4.78 is 0. The second-order valence-electron chi connectivity index (χ2n) is 6.80. The highest BCUT2D eigenvalue weighted by Crippen LogP contribution is 2.18. The number of aromatic amines is 1. The van der Waals surface area contributed by atoms with Crippen LogP contribution in [0.15, 0.2) is 84.1 Å². The Morgan fingerprint density at radius 3 is 2.40 bits per heavy atom. The van der Waals surface area contributed by atoms with Gasteiger partial charge in [0, 0.05) is 28.2 Å². The Bertz CT molecular complexity index is 1260. The molecule has 1 heterocycles. The highest BCUT2D eigenvalue weighted by molar-refractivity contribution is 6.09. The lowest BCUT2D eigenvalue weighted by Gasteiger charge is -2.11. The molecule has 3 N–H and O–H groups in total.